The molecule has 0 fully saturated rings. The van der Waals surface area contributed by atoms with Crippen molar-refractivity contribution in [1.29, 1.82) is 0 Å². The summed E-state index contributed by atoms with van der Waals surface area (Å²) in [7, 11) is 0. The number of hydrogen-bond donors (Lipinski definition) is 1. The number of hydrogen-bond acceptors (Lipinski definition) is 3. The molecular formula is C28H31N3O. The summed E-state index contributed by atoms with van der Waals surface area (Å²) in [5.41, 5.74) is 8.19. The van der Waals surface area contributed by atoms with Crippen LogP contribution in [0.3, 0.4) is 0 Å². The SMILES string of the molecule is Cc1cc(C)c2c(c1)-c1cc(C)nn1C(c1c(OCCC(C)C)ccc3ccccc13)N2. The van der Waals surface area contributed by atoms with Crippen LogP contribution in [-0.2, 0) is 0 Å². The second-order valence-electron chi connectivity index (χ2n) is 9.40. The average molecular weight is 426 g/mol. The summed E-state index contributed by atoms with van der Waals surface area (Å²) in [5.74, 6) is 1.53. The van der Waals surface area contributed by atoms with Crippen LogP contribution in [0.5, 0.6) is 5.75 Å². The van der Waals surface area contributed by atoms with E-state index in [9.17, 15) is 0 Å². The van der Waals surface area contributed by atoms with Crippen LogP contribution in [0.15, 0.2) is 54.6 Å². The van der Waals surface area contributed by atoms with E-state index in [2.05, 4.69) is 99.2 Å². The van der Waals surface area contributed by atoms with Gasteiger partial charge in [0.15, 0.2) is 6.17 Å². The van der Waals surface area contributed by atoms with Crippen LogP contribution < -0.4 is 10.1 Å². The van der Waals surface area contributed by atoms with Gasteiger partial charge in [-0.1, -0.05) is 55.8 Å². The van der Waals surface area contributed by atoms with Gasteiger partial charge in [-0.05, 0) is 67.6 Å². The third kappa shape index (κ3) is 3.54. The lowest BCUT2D eigenvalue weighted by Gasteiger charge is -2.32. The molecule has 0 spiro atoms. The van der Waals surface area contributed by atoms with Gasteiger partial charge >= 0.3 is 0 Å². The van der Waals surface area contributed by atoms with E-state index in [4.69, 9.17) is 9.84 Å². The lowest BCUT2D eigenvalue weighted by molar-refractivity contribution is 0.285. The Morgan fingerprint density at radius 3 is 2.66 bits per heavy atom. The van der Waals surface area contributed by atoms with Crippen LogP contribution in [0.2, 0.25) is 0 Å². The molecule has 1 aliphatic rings. The molecule has 0 saturated heterocycles. The third-order valence-electron chi connectivity index (χ3n) is 6.30. The predicted octanol–water partition coefficient (Wildman–Crippen LogP) is 7.03. The number of aryl methyl sites for hydroxylation is 3. The van der Waals surface area contributed by atoms with Gasteiger partial charge in [-0.25, -0.2) is 4.68 Å². The largest absolute Gasteiger partial charge is 0.493 e. The first kappa shape index (κ1) is 20.6. The summed E-state index contributed by atoms with van der Waals surface area (Å²) >= 11 is 0. The van der Waals surface area contributed by atoms with Crippen LogP contribution in [-0.4, -0.2) is 16.4 Å². The molecule has 0 saturated carbocycles. The normalized spacial score (nSPS) is 14.9. The molecule has 1 aliphatic heterocycles. The Morgan fingerprint density at radius 1 is 1.03 bits per heavy atom. The minimum atomic E-state index is -0.146. The minimum absolute atomic E-state index is 0.146. The van der Waals surface area contributed by atoms with E-state index in [1.54, 1.807) is 0 Å². The van der Waals surface area contributed by atoms with E-state index < -0.39 is 0 Å². The van der Waals surface area contributed by atoms with Crippen LogP contribution in [0, 0.1) is 26.7 Å². The standard InChI is InChI=1S/C28H31N3O/c1-17(2)12-13-32-25-11-10-21-8-6-7-9-22(21)26(25)28-29-27-19(4)14-18(3)15-23(27)24-16-20(5)30-31(24)28/h6-11,14-17,28-29H,12-13H2,1-5H3. The lowest BCUT2D eigenvalue weighted by Crippen LogP contribution is -2.27. The summed E-state index contributed by atoms with van der Waals surface area (Å²) in [6.45, 7) is 11.6. The molecule has 0 amide bonds. The summed E-state index contributed by atoms with van der Waals surface area (Å²) in [6.07, 6.45) is 0.880. The van der Waals surface area contributed by atoms with Gasteiger partial charge < -0.3 is 10.1 Å². The first-order valence-electron chi connectivity index (χ1n) is 11.5. The van der Waals surface area contributed by atoms with E-state index in [1.165, 1.54) is 33.2 Å². The van der Waals surface area contributed by atoms with Gasteiger partial charge in [0.1, 0.15) is 5.75 Å². The molecule has 32 heavy (non-hydrogen) atoms. The second-order valence-corrected chi connectivity index (χ2v) is 9.40. The van der Waals surface area contributed by atoms with Crippen molar-refractivity contribution in [2.45, 2.75) is 47.2 Å². The molecule has 1 N–H and O–H groups in total. The maximum atomic E-state index is 6.39. The first-order valence-corrected chi connectivity index (χ1v) is 11.5. The number of aromatic nitrogens is 2. The fourth-order valence-electron chi connectivity index (χ4n) is 4.76. The van der Waals surface area contributed by atoms with Crippen molar-refractivity contribution in [1.82, 2.24) is 9.78 Å². The molecule has 0 radical (unpaired) electrons. The zero-order valence-electron chi connectivity index (χ0n) is 19.6. The maximum absolute atomic E-state index is 6.39. The Morgan fingerprint density at radius 2 is 1.84 bits per heavy atom. The molecule has 0 bridgehead atoms. The molecule has 3 aromatic carbocycles. The van der Waals surface area contributed by atoms with Crippen molar-refractivity contribution in [3.05, 3.63) is 77.0 Å². The van der Waals surface area contributed by atoms with Gasteiger partial charge in [0.2, 0.25) is 0 Å². The zero-order chi connectivity index (χ0) is 22.4. The van der Waals surface area contributed by atoms with Gasteiger partial charge in [0, 0.05) is 16.8 Å². The molecule has 4 nitrogen and oxygen atoms in total. The summed E-state index contributed by atoms with van der Waals surface area (Å²) < 4.78 is 8.52. The quantitative estimate of drug-likeness (QED) is 0.373. The van der Waals surface area contributed by atoms with Crippen molar-refractivity contribution < 1.29 is 4.74 Å². The number of fused-ring (bicyclic) bond motifs is 4. The van der Waals surface area contributed by atoms with E-state index in [0.29, 0.717) is 12.5 Å². The van der Waals surface area contributed by atoms with Crippen LogP contribution in [0.25, 0.3) is 22.0 Å². The van der Waals surface area contributed by atoms with Gasteiger partial charge in [-0.15, -0.1) is 0 Å². The first-order chi connectivity index (χ1) is 15.4. The maximum Gasteiger partial charge on any atom is 0.151 e. The monoisotopic (exact) mass is 425 g/mol. The zero-order valence-corrected chi connectivity index (χ0v) is 19.6. The molecule has 4 aromatic rings. The van der Waals surface area contributed by atoms with Gasteiger partial charge in [0.25, 0.3) is 0 Å². The summed E-state index contributed by atoms with van der Waals surface area (Å²) in [5, 5.41) is 11.2. The Balaban J connectivity index is 1.71. The fraction of sp³-hybridized carbons (Fsp3) is 0.321. The smallest absolute Gasteiger partial charge is 0.151 e. The Bertz CT molecular complexity index is 1300. The molecule has 0 aliphatic carbocycles. The third-order valence-corrected chi connectivity index (χ3v) is 6.30. The second kappa shape index (κ2) is 8.01. The van der Waals surface area contributed by atoms with Crippen LogP contribution >= 0.6 is 0 Å². The molecule has 1 atom stereocenters. The Labute approximate surface area is 190 Å². The summed E-state index contributed by atoms with van der Waals surface area (Å²) in [6, 6.07) is 19.5. The number of benzene rings is 3. The lowest BCUT2D eigenvalue weighted by atomic mass is 9.95. The van der Waals surface area contributed by atoms with E-state index in [1.807, 2.05) is 0 Å². The topological polar surface area (TPSA) is 39.1 Å². The number of nitrogens with one attached hydrogen (secondary N) is 1. The van der Waals surface area contributed by atoms with Crippen molar-refractivity contribution in [3.8, 4) is 17.0 Å². The van der Waals surface area contributed by atoms with E-state index in [-0.39, 0.29) is 6.17 Å². The van der Waals surface area contributed by atoms with Crippen molar-refractivity contribution in [2.24, 2.45) is 5.92 Å². The average Bonchev–Trinajstić information content (AvgIpc) is 3.15. The minimum Gasteiger partial charge on any atom is -0.493 e. The summed E-state index contributed by atoms with van der Waals surface area (Å²) in [4.78, 5) is 0. The molecule has 2 heterocycles. The highest BCUT2D eigenvalue weighted by atomic mass is 16.5. The molecular weight excluding hydrogens is 394 g/mol. The number of anilines is 1. The number of rotatable bonds is 5. The van der Waals surface area contributed by atoms with E-state index in [0.717, 1.165) is 29.1 Å². The van der Waals surface area contributed by atoms with Crippen molar-refractivity contribution >= 4 is 16.5 Å². The highest BCUT2D eigenvalue weighted by Gasteiger charge is 2.31. The predicted molar refractivity (Wildman–Crippen MR) is 133 cm³/mol. The van der Waals surface area contributed by atoms with Crippen LogP contribution in [0.4, 0.5) is 5.69 Å². The van der Waals surface area contributed by atoms with Crippen LogP contribution in [0.1, 0.15) is 48.8 Å². The molecule has 1 unspecified atom stereocenters. The van der Waals surface area contributed by atoms with Gasteiger partial charge in [0.05, 0.1) is 18.0 Å². The number of nitrogens with zero attached hydrogens (tertiary/aromatic N) is 2. The number of ether oxygens (including phenoxy) is 1. The highest BCUT2D eigenvalue weighted by molar-refractivity contribution is 5.90. The fourth-order valence-corrected chi connectivity index (χ4v) is 4.76. The molecule has 164 valence electrons. The highest BCUT2D eigenvalue weighted by Crippen LogP contribution is 2.44. The van der Waals surface area contributed by atoms with Crippen molar-refractivity contribution in [2.75, 3.05) is 11.9 Å². The molecule has 4 heteroatoms. The Hall–Kier alpha value is -3.27. The molecule has 5 rings (SSSR count). The van der Waals surface area contributed by atoms with E-state index >= 15 is 0 Å². The van der Waals surface area contributed by atoms with Gasteiger partial charge in [-0.3, -0.25) is 0 Å². The van der Waals surface area contributed by atoms with Crippen molar-refractivity contribution in [3.63, 3.8) is 0 Å². The Kier molecular flexibility index (Phi) is 5.16. The molecule has 1 aromatic heterocycles. The van der Waals surface area contributed by atoms with Gasteiger partial charge in [-0.2, -0.15) is 5.10 Å².